The molecule has 0 aliphatic carbocycles. The van der Waals surface area contributed by atoms with E-state index in [1.54, 1.807) is 0 Å². The highest BCUT2D eigenvalue weighted by Gasteiger charge is 2.39. The van der Waals surface area contributed by atoms with Gasteiger partial charge in [-0.15, -0.1) is 23.5 Å². The van der Waals surface area contributed by atoms with Crippen LogP contribution in [0.3, 0.4) is 0 Å². The highest BCUT2D eigenvalue weighted by atomic mass is 32.2. The predicted octanol–water partition coefficient (Wildman–Crippen LogP) is 3.43. The fraction of sp³-hybridized carbons (Fsp3) is 0.364. The Bertz CT molecular complexity index is 381. The SMILES string of the molecule is C1=Nc2ccccc2C2(C1)SCCS2. The number of nitrogens with zero attached hydrogens (tertiary/aromatic N) is 1. The van der Waals surface area contributed by atoms with Crippen LogP contribution >= 0.6 is 23.5 Å². The average molecular weight is 221 g/mol. The number of thioether (sulfide) groups is 2. The molecule has 1 aromatic rings. The van der Waals surface area contributed by atoms with Gasteiger partial charge in [-0.1, -0.05) is 18.2 Å². The topological polar surface area (TPSA) is 12.4 Å². The van der Waals surface area contributed by atoms with Crippen LogP contribution in [0, 0.1) is 0 Å². The van der Waals surface area contributed by atoms with Gasteiger partial charge in [0.05, 0.1) is 9.77 Å². The Balaban J connectivity index is 2.15. The Morgan fingerprint density at radius 2 is 1.93 bits per heavy atom. The normalized spacial score (nSPS) is 22.6. The fourth-order valence-electron chi connectivity index (χ4n) is 2.01. The van der Waals surface area contributed by atoms with Crippen LogP contribution in [0.15, 0.2) is 29.3 Å². The zero-order valence-electron chi connectivity index (χ0n) is 7.77. The van der Waals surface area contributed by atoms with Crippen LogP contribution in [-0.2, 0) is 4.08 Å². The van der Waals surface area contributed by atoms with Crippen molar-refractivity contribution in [3.8, 4) is 0 Å². The molecular weight excluding hydrogens is 210 g/mol. The van der Waals surface area contributed by atoms with Crippen molar-refractivity contribution in [3.63, 3.8) is 0 Å². The van der Waals surface area contributed by atoms with E-state index in [1.807, 2.05) is 0 Å². The van der Waals surface area contributed by atoms with Crippen LogP contribution < -0.4 is 0 Å². The summed E-state index contributed by atoms with van der Waals surface area (Å²) in [7, 11) is 0. The van der Waals surface area contributed by atoms with Gasteiger partial charge in [-0.25, -0.2) is 0 Å². The molecule has 0 atom stereocenters. The van der Waals surface area contributed by atoms with Crippen molar-refractivity contribution in [2.75, 3.05) is 11.5 Å². The second-order valence-electron chi connectivity index (χ2n) is 3.48. The fourth-order valence-corrected chi connectivity index (χ4v) is 5.21. The summed E-state index contributed by atoms with van der Waals surface area (Å²) in [6, 6.07) is 8.55. The molecule has 1 fully saturated rings. The van der Waals surface area contributed by atoms with Crippen LogP contribution in [0.5, 0.6) is 0 Å². The Labute approximate surface area is 92.4 Å². The lowest BCUT2D eigenvalue weighted by Crippen LogP contribution is -2.17. The van der Waals surface area contributed by atoms with Gasteiger partial charge in [-0.2, -0.15) is 0 Å². The van der Waals surface area contributed by atoms with E-state index in [0.717, 1.165) is 6.42 Å². The van der Waals surface area contributed by atoms with E-state index in [-0.39, 0.29) is 0 Å². The van der Waals surface area contributed by atoms with Gasteiger partial charge in [-0.05, 0) is 6.07 Å². The maximum atomic E-state index is 4.46. The molecule has 2 aliphatic rings. The third-order valence-electron chi connectivity index (χ3n) is 2.66. The highest BCUT2D eigenvalue weighted by Crippen LogP contribution is 2.57. The molecule has 0 saturated carbocycles. The number of fused-ring (bicyclic) bond motifs is 2. The van der Waals surface area contributed by atoms with Crippen molar-refractivity contribution in [2.24, 2.45) is 4.99 Å². The molecule has 72 valence electrons. The highest BCUT2D eigenvalue weighted by molar-refractivity contribution is 8.20. The Hall–Kier alpha value is -0.410. The van der Waals surface area contributed by atoms with Gasteiger partial charge >= 0.3 is 0 Å². The minimum atomic E-state index is 0.290. The van der Waals surface area contributed by atoms with Gasteiger partial charge < -0.3 is 0 Å². The molecule has 3 rings (SSSR count). The first-order chi connectivity index (χ1) is 6.91. The molecule has 14 heavy (non-hydrogen) atoms. The number of hydrogen-bond donors (Lipinski definition) is 0. The van der Waals surface area contributed by atoms with E-state index in [2.05, 4.69) is 59.0 Å². The first-order valence-electron chi connectivity index (χ1n) is 4.81. The molecule has 0 radical (unpaired) electrons. The maximum Gasteiger partial charge on any atom is 0.0930 e. The third kappa shape index (κ3) is 1.22. The van der Waals surface area contributed by atoms with Crippen molar-refractivity contribution < 1.29 is 0 Å². The summed E-state index contributed by atoms with van der Waals surface area (Å²) in [5.74, 6) is 2.54. The van der Waals surface area contributed by atoms with Crippen LogP contribution in [-0.4, -0.2) is 17.7 Å². The lowest BCUT2D eigenvalue weighted by molar-refractivity contribution is 0.931. The molecule has 1 saturated heterocycles. The zero-order chi connectivity index (χ0) is 9.43. The first kappa shape index (κ1) is 8.86. The molecule has 1 aromatic carbocycles. The third-order valence-corrected chi connectivity index (χ3v) is 6.15. The molecule has 0 amide bonds. The second kappa shape index (κ2) is 3.31. The molecule has 2 aliphatic heterocycles. The first-order valence-corrected chi connectivity index (χ1v) is 6.78. The van der Waals surface area contributed by atoms with Crippen molar-refractivity contribution in [1.29, 1.82) is 0 Å². The zero-order valence-corrected chi connectivity index (χ0v) is 9.40. The minimum Gasteiger partial charge on any atom is -0.261 e. The van der Waals surface area contributed by atoms with Gasteiger partial charge in [0.15, 0.2) is 0 Å². The number of rotatable bonds is 0. The summed E-state index contributed by atoms with van der Waals surface area (Å²) < 4.78 is 0.290. The summed E-state index contributed by atoms with van der Waals surface area (Å²) in [4.78, 5) is 4.46. The van der Waals surface area contributed by atoms with E-state index in [1.165, 1.54) is 22.8 Å². The van der Waals surface area contributed by atoms with Gasteiger partial charge in [0.2, 0.25) is 0 Å². The van der Waals surface area contributed by atoms with E-state index in [0.29, 0.717) is 4.08 Å². The Morgan fingerprint density at radius 3 is 2.79 bits per heavy atom. The van der Waals surface area contributed by atoms with Crippen molar-refractivity contribution >= 4 is 35.4 Å². The molecular formula is C11H11NS2. The van der Waals surface area contributed by atoms with Crippen LogP contribution in [0.4, 0.5) is 5.69 Å². The smallest absolute Gasteiger partial charge is 0.0930 e. The monoisotopic (exact) mass is 221 g/mol. The molecule has 0 N–H and O–H groups in total. The lowest BCUT2D eigenvalue weighted by Gasteiger charge is -2.30. The van der Waals surface area contributed by atoms with Crippen LogP contribution in [0.1, 0.15) is 12.0 Å². The molecule has 0 bridgehead atoms. The molecule has 2 heterocycles. The average Bonchev–Trinajstić information content (AvgIpc) is 2.68. The van der Waals surface area contributed by atoms with E-state index in [4.69, 9.17) is 0 Å². The molecule has 0 unspecified atom stereocenters. The van der Waals surface area contributed by atoms with E-state index >= 15 is 0 Å². The van der Waals surface area contributed by atoms with Crippen molar-refractivity contribution in [3.05, 3.63) is 29.8 Å². The standard InChI is InChI=1S/C11H11NS2/c1-2-4-10-9(3-1)11(5-6-12-10)13-7-8-14-11/h1-4,6H,5,7-8H2. The summed E-state index contributed by atoms with van der Waals surface area (Å²) in [5, 5.41) is 0. The molecule has 0 aromatic heterocycles. The number of para-hydroxylation sites is 1. The van der Waals surface area contributed by atoms with E-state index < -0.39 is 0 Å². The van der Waals surface area contributed by atoms with Gasteiger partial charge in [-0.3, -0.25) is 4.99 Å². The Morgan fingerprint density at radius 1 is 1.14 bits per heavy atom. The molecule has 1 spiro atoms. The quantitative estimate of drug-likeness (QED) is 0.665. The lowest BCUT2D eigenvalue weighted by atomic mass is 10.0. The number of aliphatic imine (C=N–C) groups is 1. The van der Waals surface area contributed by atoms with Gasteiger partial charge in [0.25, 0.3) is 0 Å². The minimum absolute atomic E-state index is 0.290. The van der Waals surface area contributed by atoms with Crippen LogP contribution in [0.25, 0.3) is 0 Å². The summed E-state index contributed by atoms with van der Waals surface area (Å²) in [6.45, 7) is 0. The Kier molecular flexibility index (Phi) is 2.10. The van der Waals surface area contributed by atoms with Gasteiger partial charge in [0.1, 0.15) is 0 Å². The van der Waals surface area contributed by atoms with E-state index in [9.17, 15) is 0 Å². The largest absolute Gasteiger partial charge is 0.261 e. The number of benzene rings is 1. The van der Waals surface area contributed by atoms with Gasteiger partial charge in [0, 0.05) is 29.7 Å². The van der Waals surface area contributed by atoms with Crippen molar-refractivity contribution in [1.82, 2.24) is 0 Å². The predicted molar refractivity (Wildman–Crippen MR) is 65.8 cm³/mol. The second-order valence-corrected chi connectivity index (χ2v) is 6.53. The summed E-state index contributed by atoms with van der Waals surface area (Å²) in [5.41, 5.74) is 2.59. The van der Waals surface area contributed by atoms with Crippen LogP contribution in [0.2, 0.25) is 0 Å². The molecule has 3 heteroatoms. The maximum absolute atomic E-state index is 4.46. The van der Waals surface area contributed by atoms with Crippen molar-refractivity contribution in [2.45, 2.75) is 10.5 Å². The number of hydrogen-bond acceptors (Lipinski definition) is 3. The summed E-state index contributed by atoms with van der Waals surface area (Å²) in [6.07, 6.45) is 3.16. The summed E-state index contributed by atoms with van der Waals surface area (Å²) >= 11 is 4.16. The molecule has 1 nitrogen and oxygen atoms in total.